The summed E-state index contributed by atoms with van der Waals surface area (Å²) in [5.74, 6) is 0.769. The predicted molar refractivity (Wildman–Crippen MR) is 67.2 cm³/mol. The molecule has 2 aliphatic rings. The van der Waals surface area contributed by atoms with Crippen molar-refractivity contribution in [2.75, 3.05) is 0 Å². The molecule has 3 heteroatoms. The van der Waals surface area contributed by atoms with Crippen LogP contribution in [0, 0.1) is 0 Å². The zero-order chi connectivity index (χ0) is 12.0. The van der Waals surface area contributed by atoms with Crippen molar-refractivity contribution in [1.82, 2.24) is 0 Å². The second-order valence-corrected chi connectivity index (χ2v) is 3.52. The Kier molecular flexibility index (Phi) is 7.11. The first kappa shape index (κ1) is 15.6. The van der Waals surface area contributed by atoms with Crippen LogP contribution in [0.1, 0.15) is 13.8 Å². The maximum atomic E-state index is 8.83. The first-order chi connectivity index (χ1) is 7.61. The van der Waals surface area contributed by atoms with Gasteiger partial charge >= 0.3 is 0 Å². The summed E-state index contributed by atoms with van der Waals surface area (Å²) in [5.41, 5.74) is 1.81. The third-order valence-electron chi connectivity index (χ3n) is 2.16. The van der Waals surface area contributed by atoms with Crippen LogP contribution in [0.15, 0.2) is 71.3 Å². The van der Waals surface area contributed by atoms with Gasteiger partial charge in [0.25, 0.3) is 0 Å². The molecular weight excluding hydrogens is 256 g/mol. The Hall–Kier alpha value is -1.44. The number of aliphatic hydroxyl groups is 2. The molecule has 0 aliphatic heterocycles. The van der Waals surface area contributed by atoms with Crippen molar-refractivity contribution < 1.29 is 27.3 Å². The Morgan fingerprint density at radius 2 is 0.941 bits per heavy atom. The van der Waals surface area contributed by atoms with Crippen LogP contribution in [-0.4, -0.2) is 10.2 Å². The van der Waals surface area contributed by atoms with E-state index in [0.717, 1.165) is 11.1 Å². The molecule has 2 rings (SSSR count). The minimum atomic E-state index is 0. The van der Waals surface area contributed by atoms with E-state index in [1.807, 2.05) is 48.6 Å². The fourth-order valence-corrected chi connectivity index (χ4v) is 1.23. The van der Waals surface area contributed by atoms with Gasteiger partial charge in [-0.05, 0) is 13.8 Å². The molecule has 0 fully saturated rings. The van der Waals surface area contributed by atoms with Gasteiger partial charge in [0.05, 0.1) is 11.5 Å². The monoisotopic (exact) mass is 272 g/mol. The normalized spacial score (nSPS) is 14.5. The molecule has 2 N–H and O–H groups in total. The van der Waals surface area contributed by atoms with Crippen molar-refractivity contribution in [2.24, 2.45) is 0 Å². The minimum Gasteiger partial charge on any atom is -0.512 e. The molecule has 0 spiro atoms. The molecule has 0 bridgehead atoms. The molecule has 2 nitrogen and oxygen atoms in total. The van der Waals surface area contributed by atoms with Crippen LogP contribution >= 0.6 is 0 Å². The van der Waals surface area contributed by atoms with Gasteiger partial charge < -0.3 is 10.2 Å². The molecule has 2 aliphatic carbocycles. The first-order valence-electron chi connectivity index (χ1n) is 5.10. The predicted octanol–water partition coefficient (Wildman–Crippen LogP) is 3.89. The van der Waals surface area contributed by atoms with Crippen LogP contribution in [0.5, 0.6) is 0 Å². The second-order valence-electron chi connectivity index (χ2n) is 3.52. The van der Waals surface area contributed by atoms with E-state index in [9.17, 15) is 0 Å². The molecule has 0 saturated carbocycles. The van der Waals surface area contributed by atoms with Crippen molar-refractivity contribution in [1.29, 1.82) is 0 Å². The fraction of sp³-hybridized carbons (Fsp3) is 0.143. The summed E-state index contributed by atoms with van der Waals surface area (Å²) in [5, 5.41) is 17.7. The van der Waals surface area contributed by atoms with E-state index >= 15 is 0 Å². The van der Waals surface area contributed by atoms with E-state index in [2.05, 4.69) is 0 Å². The Labute approximate surface area is 113 Å². The quantitative estimate of drug-likeness (QED) is 0.519. The van der Waals surface area contributed by atoms with E-state index in [1.54, 1.807) is 13.8 Å². The van der Waals surface area contributed by atoms with Gasteiger partial charge in [-0.3, -0.25) is 0 Å². The smallest absolute Gasteiger partial charge is 0.0963 e. The SMILES string of the molecule is CC(O)=C1C=CC=C1.CC(O)=C1C=CC=C1.[Fe]. The Morgan fingerprint density at radius 3 is 1.06 bits per heavy atom. The van der Waals surface area contributed by atoms with Crippen LogP contribution < -0.4 is 0 Å². The number of hydrogen-bond acceptors (Lipinski definition) is 2. The van der Waals surface area contributed by atoms with Gasteiger partial charge in [0.2, 0.25) is 0 Å². The van der Waals surface area contributed by atoms with Crippen molar-refractivity contribution in [3.05, 3.63) is 71.3 Å². The van der Waals surface area contributed by atoms with Crippen LogP contribution in [-0.2, 0) is 17.1 Å². The van der Waals surface area contributed by atoms with Crippen LogP contribution in [0.25, 0.3) is 0 Å². The number of hydrogen-bond donors (Lipinski definition) is 2. The summed E-state index contributed by atoms with van der Waals surface area (Å²) in [4.78, 5) is 0. The maximum Gasteiger partial charge on any atom is 0.0963 e. The average molecular weight is 272 g/mol. The van der Waals surface area contributed by atoms with Crippen molar-refractivity contribution in [3.63, 3.8) is 0 Å². The second kappa shape index (κ2) is 7.77. The van der Waals surface area contributed by atoms with Crippen molar-refractivity contribution >= 4 is 0 Å². The first-order valence-corrected chi connectivity index (χ1v) is 5.10. The molecular formula is C14H16FeO2. The molecule has 17 heavy (non-hydrogen) atoms. The van der Waals surface area contributed by atoms with E-state index < -0.39 is 0 Å². The Morgan fingerprint density at radius 1 is 0.706 bits per heavy atom. The van der Waals surface area contributed by atoms with Crippen LogP contribution in [0.3, 0.4) is 0 Å². The van der Waals surface area contributed by atoms with Gasteiger partial charge in [-0.25, -0.2) is 0 Å². The minimum absolute atomic E-state index is 0. The third kappa shape index (κ3) is 5.43. The largest absolute Gasteiger partial charge is 0.512 e. The van der Waals surface area contributed by atoms with Crippen molar-refractivity contribution in [3.8, 4) is 0 Å². The molecule has 0 unspecified atom stereocenters. The Balaban J connectivity index is 0.000000284. The zero-order valence-corrected chi connectivity index (χ0v) is 11.0. The summed E-state index contributed by atoms with van der Waals surface area (Å²) in [6.45, 7) is 3.35. The molecule has 0 aromatic heterocycles. The van der Waals surface area contributed by atoms with E-state index in [4.69, 9.17) is 10.2 Å². The van der Waals surface area contributed by atoms with Gasteiger partial charge in [0.1, 0.15) is 0 Å². The molecule has 0 aromatic rings. The van der Waals surface area contributed by atoms with Gasteiger partial charge in [-0.2, -0.15) is 0 Å². The van der Waals surface area contributed by atoms with Crippen LogP contribution in [0.4, 0.5) is 0 Å². The fourth-order valence-electron chi connectivity index (χ4n) is 1.23. The average Bonchev–Trinajstić information content (AvgIpc) is 2.93. The number of allylic oxidation sites excluding steroid dienone is 12. The van der Waals surface area contributed by atoms with Gasteiger partial charge in [0, 0.05) is 28.2 Å². The van der Waals surface area contributed by atoms with Crippen LogP contribution in [0.2, 0.25) is 0 Å². The third-order valence-corrected chi connectivity index (χ3v) is 2.16. The summed E-state index contributed by atoms with van der Waals surface area (Å²) in [6.07, 6.45) is 15.1. The molecule has 0 heterocycles. The summed E-state index contributed by atoms with van der Waals surface area (Å²) in [7, 11) is 0. The molecule has 0 atom stereocenters. The molecule has 0 saturated heterocycles. The van der Waals surface area contributed by atoms with Gasteiger partial charge in [0.15, 0.2) is 0 Å². The zero-order valence-electron chi connectivity index (χ0n) is 9.87. The standard InChI is InChI=1S/2C7H8O.Fe/c2*1-6(8)7-4-2-3-5-7;/h2*2-5,8H,1H3;. The number of rotatable bonds is 0. The maximum absolute atomic E-state index is 8.83. The molecule has 92 valence electrons. The summed E-state index contributed by atoms with van der Waals surface area (Å²) < 4.78 is 0. The summed E-state index contributed by atoms with van der Waals surface area (Å²) in [6, 6.07) is 0. The molecule has 0 radical (unpaired) electrons. The van der Waals surface area contributed by atoms with Gasteiger partial charge in [-0.15, -0.1) is 0 Å². The molecule has 0 aromatic carbocycles. The Bertz CT molecular complexity index is 357. The number of aliphatic hydroxyl groups excluding tert-OH is 2. The topological polar surface area (TPSA) is 40.5 Å². The van der Waals surface area contributed by atoms with E-state index in [-0.39, 0.29) is 17.1 Å². The van der Waals surface area contributed by atoms with E-state index in [0.29, 0.717) is 11.5 Å². The van der Waals surface area contributed by atoms with E-state index in [1.165, 1.54) is 0 Å². The summed E-state index contributed by atoms with van der Waals surface area (Å²) >= 11 is 0. The molecule has 0 amide bonds. The van der Waals surface area contributed by atoms with Crippen molar-refractivity contribution in [2.45, 2.75) is 13.8 Å². The van der Waals surface area contributed by atoms with Gasteiger partial charge in [-0.1, -0.05) is 48.6 Å².